The van der Waals surface area contributed by atoms with E-state index >= 15 is 0 Å². The maximum absolute atomic E-state index is 5.83. The van der Waals surface area contributed by atoms with Gasteiger partial charge >= 0.3 is 0 Å². The number of rotatable bonds is 4. The number of nitrogens with one attached hydrogen (secondary N) is 1. The van der Waals surface area contributed by atoms with Crippen molar-refractivity contribution in [2.45, 2.75) is 51.1 Å². The van der Waals surface area contributed by atoms with Crippen LogP contribution >= 0.6 is 0 Å². The van der Waals surface area contributed by atoms with Crippen LogP contribution in [0.25, 0.3) is 0 Å². The summed E-state index contributed by atoms with van der Waals surface area (Å²) in [4.78, 5) is 2.66. The first-order valence-corrected chi connectivity index (χ1v) is 8.24. The second-order valence-corrected chi connectivity index (χ2v) is 7.47. The Hall–Kier alpha value is -1.06. The van der Waals surface area contributed by atoms with E-state index in [-0.39, 0.29) is 5.54 Å². The van der Waals surface area contributed by atoms with Gasteiger partial charge in [-0.05, 0) is 46.2 Å². The van der Waals surface area contributed by atoms with Gasteiger partial charge in [0.15, 0.2) is 0 Å². The molecule has 116 valence electrons. The monoisotopic (exact) mass is 288 g/mol. The number of para-hydroxylation sites is 1. The van der Waals surface area contributed by atoms with E-state index in [4.69, 9.17) is 4.74 Å². The Morgan fingerprint density at radius 2 is 2.10 bits per heavy atom. The lowest BCUT2D eigenvalue weighted by Gasteiger charge is -2.30. The van der Waals surface area contributed by atoms with Gasteiger partial charge in [0.05, 0.1) is 6.61 Å². The summed E-state index contributed by atoms with van der Waals surface area (Å²) in [6.07, 6.45) is 2.64. The number of likely N-dealkylation sites (tertiary alicyclic amines) is 1. The van der Waals surface area contributed by atoms with Crippen molar-refractivity contribution in [2.75, 3.05) is 26.2 Å². The minimum absolute atomic E-state index is 0.206. The van der Waals surface area contributed by atoms with Crippen LogP contribution < -0.4 is 10.1 Å². The zero-order valence-electron chi connectivity index (χ0n) is 13.6. The number of fused-ring (bicyclic) bond motifs is 1. The van der Waals surface area contributed by atoms with Gasteiger partial charge < -0.3 is 10.1 Å². The zero-order chi connectivity index (χ0) is 14.9. The van der Waals surface area contributed by atoms with Crippen LogP contribution in [0.2, 0.25) is 0 Å². The number of benzene rings is 1. The molecule has 1 aromatic carbocycles. The van der Waals surface area contributed by atoms with E-state index in [9.17, 15) is 0 Å². The molecule has 2 heterocycles. The van der Waals surface area contributed by atoms with Crippen molar-refractivity contribution in [1.29, 1.82) is 0 Å². The predicted molar refractivity (Wildman–Crippen MR) is 87.0 cm³/mol. The molecule has 0 radical (unpaired) electrons. The number of nitrogens with zero attached hydrogens (tertiary/aromatic N) is 1. The average molecular weight is 288 g/mol. The summed E-state index contributed by atoms with van der Waals surface area (Å²) >= 11 is 0. The molecule has 3 nitrogen and oxygen atoms in total. The lowest BCUT2D eigenvalue weighted by Crippen LogP contribution is -2.46. The van der Waals surface area contributed by atoms with Crippen molar-refractivity contribution in [2.24, 2.45) is 0 Å². The summed E-state index contributed by atoms with van der Waals surface area (Å²) in [6, 6.07) is 9.19. The van der Waals surface area contributed by atoms with E-state index < -0.39 is 0 Å². The molecule has 2 aliphatic heterocycles. The quantitative estimate of drug-likeness (QED) is 0.922. The second kappa shape index (κ2) is 5.98. The molecule has 1 aromatic rings. The Morgan fingerprint density at radius 1 is 1.29 bits per heavy atom. The predicted octanol–water partition coefficient (Wildman–Crippen LogP) is 3.02. The van der Waals surface area contributed by atoms with Gasteiger partial charge in [-0.2, -0.15) is 0 Å². The molecule has 1 fully saturated rings. The van der Waals surface area contributed by atoms with Crippen molar-refractivity contribution in [3.8, 4) is 5.75 Å². The van der Waals surface area contributed by atoms with Crippen LogP contribution in [-0.4, -0.2) is 42.7 Å². The molecular formula is C18H28N2O. The molecule has 1 saturated heterocycles. The van der Waals surface area contributed by atoms with Crippen LogP contribution in [0.3, 0.4) is 0 Å². The van der Waals surface area contributed by atoms with E-state index in [2.05, 4.69) is 55.3 Å². The molecule has 0 bridgehead atoms. The SMILES string of the molecule is CC(C)(C)NCC1CCCN1CC1COc2ccccc21. The third-order valence-electron chi connectivity index (χ3n) is 4.62. The largest absolute Gasteiger partial charge is 0.493 e. The van der Waals surface area contributed by atoms with E-state index in [1.807, 2.05) is 0 Å². The maximum atomic E-state index is 5.83. The Labute approximate surface area is 128 Å². The van der Waals surface area contributed by atoms with Crippen LogP contribution in [0.4, 0.5) is 0 Å². The molecule has 3 rings (SSSR count). The minimum Gasteiger partial charge on any atom is -0.493 e. The number of hydrogen-bond acceptors (Lipinski definition) is 3. The molecule has 3 heteroatoms. The highest BCUT2D eigenvalue weighted by molar-refractivity contribution is 5.39. The molecule has 0 aliphatic carbocycles. The van der Waals surface area contributed by atoms with Crippen molar-refractivity contribution in [3.05, 3.63) is 29.8 Å². The van der Waals surface area contributed by atoms with Gasteiger partial charge in [-0.15, -0.1) is 0 Å². The van der Waals surface area contributed by atoms with Gasteiger partial charge in [-0.25, -0.2) is 0 Å². The van der Waals surface area contributed by atoms with E-state index in [1.165, 1.54) is 24.9 Å². The highest BCUT2D eigenvalue weighted by Gasteiger charge is 2.31. The number of hydrogen-bond donors (Lipinski definition) is 1. The molecule has 0 amide bonds. The standard InChI is InChI=1S/C18H28N2O/c1-18(2,3)19-11-15-7-6-10-20(15)12-14-13-21-17-9-5-4-8-16(14)17/h4-5,8-9,14-15,19H,6-7,10-13H2,1-3H3. The Morgan fingerprint density at radius 3 is 2.90 bits per heavy atom. The summed E-state index contributed by atoms with van der Waals surface area (Å²) in [5.41, 5.74) is 1.60. The fraction of sp³-hybridized carbons (Fsp3) is 0.667. The molecule has 0 saturated carbocycles. The van der Waals surface area contributed by atoms with Crippen LogP contribution in [0.5, 0.6) is 5.75 Å². The van der Waals surface area contributed by atoms with E-state index in [1.54, 1.807) is 0 Å². The van der Waals surface area contributed by atoms with Crippen LogP contribution in [0.1, 0.15) is 45.1 Å². The molecule has 2 aliphatic rings. The summed E-state index contributed by atoms with van der Waals surface area (Å²) in [6.45, 7) is 11.0. The van der Waals surface area contributed by atoms with Crippen molar-refractivity contribution < 1.29 is 4.74 Å². The number of ether oxygens (including phenoxy) is 1. The Bertz CT molecular complexity index is 480. The van der Waals surface area contributed by atoms with Gasteiger partial charge in [0, 0.05) is 36.2 Å². The first kappa shape index (κ1) is 14.9. The topological polar surface area (TPSA) is 24.5 Å². The highest BCUT2D eigenvalue weighted by atomic mass is 16.5. The maximum Gasteiger partial charge on any atom is 0.122 e. The molecule has 1 N–H and O–H groups in total. The first-order chi connectivity index (χ1) is 10.0. The van der Waals surface area contributed by atoms with E-state index in [0.717, 1.165) is 25.4 Å². The smallest absolute Gasteiger partial charge is 0.122 e. The molecule has 2 unspecified atom stereocenters. The Balaban J connectivity index is 1.60. The molecule has 0 spiro atoms. The molecule has 0 aromatic heterocycles. The zero-order valence-corrected chi connectivity index (χ0v) is 13.6. The second-order valence-electron chi connectivity index (χ2n) is 7.47. The van der Waals surface area contributed by atoms with Crippen molar-refractivity contribution >= 4 is 0 Å². The normalized spacial score (nSPS) is 25.9. The summed E-state index contributed by atoms with van der Waals surface area (Å²) in [7, 11) is 0. The van der Waals surface area contributed by atoms with Crippen molar-refractivity contribution in [1.82, 2.24) is 10.2 Å². The third-order valence-corrected chi connectivity index (χ3v) is 4.62. The van der Waals surface area contributed by atoms with Gasteiger partial charge in [0.2, 0.25) is 0 Å². The highest BCUT2D eigenvalue weighted by Crippen LogP contribution is 2.35. The van der Waals surface area contributed by atoms with Crippen LogP contribution in [0.15, 0.2) is 24.3 Å². The lowest BCUT2D eigenvalue weighted by atomic mass is 10.0. The van der Waals surface area contributed by atoms with Crippen molar-refractivity contribution in [3.63, 3.8) is 0 Å². The minimum atomic E-state index is 0.206. The fourth-order valence-electron chi connectivity index (χ4n) is 3.45. The summed E-state index contributed by atoms with van der Waals surface area (Å²) in [5.74, 6) is 1.63. The van der Waals surface area contributed by atoms with E-state index in [0.29, 0.717) is 12.0 Å². The first-order valence-electron chi connectivity index (χ1n) is 8.24. The summed E-state index contributed by atoms with van der Waals surface area (Å²) in [5, 5.41) is 3.66. The Kier molecular flexibility index (Phi) is 4.23. The van der Waals surface area contributed by atoms with Crippen LogP contribution in [-0.2, 0) is 0 Å². The van der Waals surface area contributed by atoms with Gasteiger partial charge in [-0.3, -0.25) is 4.90 Å². The molecular weight excluding hydrogens is 260 g/mol. The van der Waals surface area contributed by atoms with Gasteiger partial charge in [0.25, 0.3) is 0 Å². The molecule has 2 atom stereocenters. The fourth-order valence-corrected chi connectivity index (χ4v) is 3.45. The van der Waals surface area contributed by atoms with Gasteiger partial charge in [0.1, 0.15) is 5.75 Å². The lowest BCUT2D eigenvalue weighted by molar-refractivity contribution is 0.206. The molecule has 21 heavy (non-hydrogen) atoms. The average Bonchev–Trinajstić information content (AvgIpc) is 3.04. The van der Waals surface area contributed by atoms with Crippen LogP contribution in [0, 0.1) is 0 Å². The summed E-state index contributed by atoms with van der Waals surface area (Å²) < 4.78 is 5.83. The van der Waals surface area contributed by atoms with Gasteiger partial charge in [-0.1, -0.05) is 18.2 Å². The third kappa shape index (κ3) is 3.58.